The lowest BCUT2D eigenvalue weighted by atomic mass is 10.2. The van der Waals surface area contributed by atoms with Gasteiger partial charge in [0.1, 0.15) is 22.7 Å². The van der Waals surface area contributed by atoms with E-state index < -0.39 is 0 Å². The molecule has 0 fully saturated rings. The summed E-state index contributed by atoms with van der Waals surface area (Å²) in [7, 11) is 1.73. The zero-order chi connectivity index (χ0) is 19.8. The van der Waals surface area contributed by atoms with Crippen LogP contribution < -0.4 is 15.6 Å². The van der Waals surface area contributed by atoms with Crippen molar-refractivity contribution in [2.75, 3.05) is 11.9 Å². The van der Waals surface area contributed by atoms with Crippen molar-refractivity contribution < 1.29 is 9.53 Å². The zero-order valence-corrected chi connectivity index (χ0v) is 15.9. The second-order valence-corrected chi connectivity index (χ2v) is 6.59. The number of fused-ring (bicyclic) bond motifs is 2. The summed E-state index contributed by atoms with van der Waals surface area (Å²) in [5, 5.41) is 3.25. The average Bonchev–Trinajstić information content (AvgIpc) is 3.01. The standard InChI is InChI=1S/C21H20N4O3/c1-4-28-15-8-6-14(7-9-15)22-20(26)17-11-16-19(24(17)3)23-18-10-5-13(2)12-25(18)21(16)27/h5-12H,4H2,1-3H3,(H,22,26). The van der Waals surface area contributed by atoms with Crippen molar-refractivity contribution in [3.63, 3.8) is 0 Å². The molecule has 3 heterocycles. The number of hydrogen-bond donors (Lipinski definition) is 1. The average molecular weight is 376 g/mol. The molecule has 1 amide bonds. The van der Waals surface area contributed by atoms with Gasteiger partial charge in [0.05, 0.1) is 12.0 Å². The Kier molecular flexibility index (Phi) is 4.35. The van der Waals surface area contributed by atoms with E-state index in [9.17, 15) is 9.59 Å². The lowest BCUT2D eigenvalue weighted by molar-refractivity contribution is 0.101. The van der Waals surface area contributed by atoms with Crippen LogP contribution in [-0.4, -0.2) is 26.5 Å². The highest BCUT2D eigenvalue weighted by Gasteiger charge is 2.18. The van der Waals surface area contributed by atoms with E-state index in [4.69, 9.17) is 4.74 Å². The smallest absolute Gasteiger partial charge is 0.272 e. The number of nitrogens with one attached hydrogen (secondary N) is 1. The van der Waals surface area contributed by atoms with Gasteiger partial charge in [-0.3, -0.25) is 14.0 Å². The molecule has 4 aromatic rings. The minimum Gasteiger partial charge on any atom is -0.494 e. The lowest BCUT2D eigenvalue weighted by Crippen LogP contribution is -2.16. The van der Waals surface area contributed by atoms with Crippen LogP contribution in [0.1, 0.15) is 23.0 Å². The van der Waals surface area contributed by atoms with E-state index in [1.807, 2.05) is 19.9 Å². The van der Waals surface area contributed by atoms with Gasteiger partial charge in [-0.05, 0) is 55.8 Å². The first-order chi connectivity index (χ1) is 13.5. The third-order valence-electron chi connectivity index (χ3n) is 4.60. The first-order valence-corrected chi connectivity index (χ1v) is 9.00. The summed E-state index contributed by atoms with van der Waals surface area (Å²) in [6, 6.07) is 12.4. The highest BCUT2D eigenvalue weighted by molar-refractivity contribution is 6.06. The molecule has 0 bridgehead atoms. The Morgan fingerprint density at radius 2 is 1.93 bits per heavy atom. The molecule has 142 valence electrons. The number of carbonyl (C=O) groups excluding carboxylic acids is 1. The molecule has 0 aliphatic heterocycles. The normalized spacial score (nSPS) is 11.1. The van der Waals surface area contributed by atoms with Crippen molar-refractivity contribution in [3.8, 4) is 5.75 Å². The zero-order valence-electron chi connectivity index (χ0n) is 15.9. The van der Waals surface area contributed by atoms with Gasteiger partial charge in [0, 0.05) is 18.9 Å². The van der Waals surface area contributed by atoms with Gasteiger partial charge >= 0.3 is 0 Å². The number of pyridine rings is 1. The summed E-state index contributed by atoms with van der Waals surface area (Å²) < 4.78 is 8.55. The van der Waals surface area contributed by atoms with Gasteiger partial charge in [-0.1, -0.05) is 6.07 Å². The molecule has 7 heteroatoms. The number of benzene rings is 1. The first-order valence-electron chi connectivity index (χ1n) is 9.00. The Morgan fingerprint density at radius 3 is 2.64 bits per heavy atom. The summed E-state index contributed by atoms with van der Waals surface area (Å²) in [4.78, 5) is 30.2. The molecule has 1 aromatic carbocycles. The largest absolute Gasteiger partial charge is 0.494 e. The maximum absolute atomic E-state index is 12.8. The van der Waals surface area contributed by atoms with Crippen molar-refractivity contribution in [2.24, 2.45) is 7.05 Å². The van der Waals surface area contributed by atoms with Gasteiger partial charge in [0.2, 0.25) is 0 Å². The summed E-state index contributed by atoms with van der Waals surface area (Å²) >= 11 is 0. The number of aromatic nitrogens is 3. The molecule has 0 atom stereocenters. The molecular formula is C21H20N4O3. The number of rotatable bonds is 4. The van der Waals surface area contributed by atoms with Crippen LogP contribution in [0.4, 0.5) is 5.69 Å². The maximum atomic E-state index is 12.8. The van der Waals surface area contributed by atoms with Crippen molar-refractivity contribution >= 4 is 28.3 Å². The second kappa shape index (κ2) is 6.84. The topological polar surface area (TPSA) is 77.6 Å². The molecule has 0 unspecified atom stereocenters. The number of ether oxygens (including phenoxy) is 1. The maximum Gasteiger partial charge on any atom is 0.272 e. The minimum absolute atomic E-state index is 0.195. The van der Waals surface area contributed by atoms with Crippen molar-refractivity contribution in [1.82, 2.24) is 14.0 Å². The molecular weight excluding hydrogens is 356 g/mol. The van der Waals surface area contributed by atoms with E-state index in [0.717, 1.165) is 11.3 Å². The van der Waals surface area contributed by atoms with Crippen LogP contribution in [-0.2, 0) is 7.05 Å². The van der Waals surface area contributed by atoms with Crippen LogP contribution in [0.2, 0.25) is 0 Å². The van der Waals surface area contributed by atoms with Crippen LogP contribution in [0.15, 0.2) is 53.5 Å². The quantitative estimate of drug-likeness (QED) is 0.594. The van der Waals surface area contributed by atoms with Crippen LogP contribution in [0, 0.1) is 6.92 Å². The van der Waals surface area contributed by atoms with E-state index in [0.29, 0.717) is 34.7 Å². The molecule has 0 aliphatic rings. The number of nitrogens with zero attached hydrogens (tertiary/aromatic N) is 3. The van der Waals surface area contributed by atoms with Gasteiger partial charge < -0.3 is 14.6 Å². The minimum atomic E-state index is -0.311. The van der Waals surface area contributed by atoms with E-state index in [2.05, 4.69) is 10.3 Å². The van der Waals surface area contributed by atoms with E-state index in [1.54, 1.807) is 54.2 Å². The van der Waals surface area contributed by atoms with Gasteiger partial charge in [-0.2, -0.15) is 0 Å². The fourth-order valence-electron chi connectivity index (χ4n) is 3.19. The van der Waals surface area contributed by atoms with Gasteiger partial charge in [0.25, 0.3) is 11.5 Å². The molecule has 3 aromatic heterocycles. The summed E-state index contributed by atoms with van der Waals surface area (Å²) in [5.74, 6) is 0.429. The van der Waals surface area contributed by atoms with Crippen molar-refractivity contribution in [3.05, 3.63) is 70.3 Å². The summed E-state index contributed by atoms with van der Waals surface area (Å²) in [6.07, 6.45) is 1.75. The molecule has 4 rings (SSSR count). The van der Waals surface area contributed by atoms with Gasteiger partial charge in [-0.15, -0.1) is 0 Å². The molecule has 28 heavy (non-hydrogen) atoms. The number of aryl methyl sites for hydroxylation is 2. The highest BCUT2D eigenvalue weighted by atomic mass is 16.5. The summed E-state index contributed by atoms with van der Waals surface area (Å²) in [6.45, 7) is 4.41. The van der Waals surface area contributed by atoms with Crippen LogP contribution >= 0.6 is 0 Å². The molecule has 0 saturated heterocycles. The number of amides is 1. The van der Waals surface area contributed by atoms with Gasteiger partial charge in [0.15, 0.2) is 0 Å². The number of hydrogen-bond acceptors (Lipinski definition) is 4. The van der Waals surface area contributed by atoms with Crippen LogP contribution in [0.5, 0.6) is 5.75 Å². The summed E-state index contributed by atoms with van der Waals surface area (Å²) in [5.41, 5.74) is 2.79. The molecule has 7 nitrogen and oxygen atoms in total. The van der Waals surface area contributed by atoms with E-state index >= 15 is 0 Å². The van der Waals surface area contributed by atoms with Gasteiger partial charge in [-0.25, -0.2) is 4.98 Å². The second-order valence-electron chi connectivity index (χ2n) is 6.59. The first kappa shape index (κ1) is 17.8. The highest BCUT2D eigenvalue weighted by Crippen LogP contribution is 2.19. The SMILES string of the molecule is CCOc1ccc(NC(=O)c2cc3c(=O)n4cc(C)ccc4nc3n2C)cc1. The molecule has 0 spiro atoms. The number of carbonyl (C=O) groups is 1. The van der Waals surface area contributed by atoms with E-state index in [1.165, 1.54) is 4.40 Å². The number of anilines is 1. The third-order valence-corrected chi connectivity index (χ3v) is 4.60. The van der Waals surface area contributed by atoms with Crippen LogP contribution in [0.25, 0.3) is 16.7 Å². The molecule has 1 N–H and O–H groups in total. The van der Waals surface area contributed by atoms with E-state index in [-0.39, 0.29) is 11.5 Å². The Labute approximate surface area is 161 Å². The monoisotopic (exact) mass is 376 g/mol. The Hall–Kier alpha value is -3.61. The molecule has 0 aliphatic carbocycles. The lowest BCUT2D eigenvalue weighted by Gasteiger charge is -2.08. The van der Waals surface area contributed by atoms with Crippen LogP contribution in [0.3, 0.4) is 0 Å². The Balaban J connectivity index is 1.73. The fraction of sp³-hybridized carbons (Fsp3) is 0.190. The molecule has 0 saturated carbocycles. The van der Waals surface area contributed by atoms with Crippen molar-refractivity contribution in [2.45, 2.75) is 13.8 Å². The Bertz CT molecular complexity index is 1250. The Morgan fingerprint density at radius 1 is 1.18 bits per heavy atom. The third kappa shape index (κ3) is 3.00. The fourth-order valence-corrected chi connectivity index (χ4v) is 3.19. The predicted molar refractivity (Wildman–Crippen MR) is 108 cm³/mol. The predicted octanol–water partition coefficient (Wildman–Crippen LogP) is 3.15. The molecule has 0 radical (unpaired) electrons. The van der Waals surface area contributed by atoms with Crippen molar-refractivity contribution in [1.29, 1.82) is 0 Å².